The summed E-state index contributed by atoms with van der Waals surface area (Å²) in [5, 5.41) is 10.8. The van der Waals surface area contributed by atoms with Crippen LogP contribution in [0.15, 0.2) is 11.6 Å². The molecule has 1 N–H and O–H groups in total. The molecule has 31 heavy (non-hydrogen) atoms. The van der Waals surface area contributed by atoms with Gasteiger partial charge >= 0.3 is 0 Å². The largest absolute Gasteiger partial charge is 0.396 e. The molecule has 1 heteroatoms. The van der Waals surface area contributed by atoms with Crippen molar-refractivity contribution in [3.05, 3.63) is 11.6 Å². The van der Waals surface area contributed by atoms with E-state index in [2.05, 4.69) is 54.5 Å². The maximum Gasteiger partial charge on any atom is 0.0493 e. The van der Waals surface area contributed by atoms with Crippen molar-refractivity contribution in [3.63, 3.8) is 0 Å². The van der Waals surface area contributed by atoms with Crippen molar-refractivity contribution in [2.45, 2.75) is 113 Å². The molecule has 5 aliphatic rings. The first-order valence-electron chi connectivity index (χ1n) is 13.8. The van der Waals surface area contributed by atoms with Crippen molar-refractivity contribution in [2.24, 2.45) is 56.7 Å². The van der Waals surface area contributed by atoms with E-state index in [1.165, 1.54) is 64.2 Å². The molecule has 8 unspecified atom stereocenters. The topological polar surface area (TPSA) is 20.2 Å². The van der Waals surface area contributed by atoms with E-state index in [4.69, 9.17) is 0 Å². The second-order valence-electron chi connectivity index (χ2n) is 14.5. The predicted octanol–water partition coefficient (Wildman–Crippen LogP) is 8.03. The van der Waals surface area contributed by atoms with Crippen molar-refractivity contribution >= 4 is 0 Å². The van der Waals surface area contributed by atoms with Gasteiger partial charge in [-0.25, -0.2) is 0 Å². The normalized spacial score (nSPS) is 53.3. The van der Waals surface area contributed by atoms with E-state index in [-0.39, 0.29) is 5.41 Å². The first-order valence-corrected chi connectivity index (χ1v) is 13.8. The minimum absolute atomic E-state index is 0.182. The van der Waals surface area contributed by atoms with Crippen LogP contribution in [0.25, 0.3) is 0 Å². The Labute approximate surface area is 192 Å². The van der Waals surface area contributed by atoms with Gasteiger partial charge in [-0.3, -0.25) is 0 Å². The molecule has 0 heterocycles. The minimum Gasteiger partial charge on any atom is -0.396 e. The SMILES string of the molecule is CC(C)C1CCC2C1(CO)CCC1(C)C3CCC4C(C)(C)CCCC4(C)C3=CCC21C. The smallest absolute Gasteiger partial charge is 0.0493 e. The first kappa shape index (κ1) is 22.5. The zero-order chi connectivity index (χ0) is 22.4. The average molecular weight is 427 g/mol. The fourth-order valence-electron chi connectivity index (χ4n) is 11.3. The van der Waals surface area contributed by atoms with Gasteiger partial charge in [0.15, 0.2) is 0 Å². The van der Waals surface area contributed by atoms with E-state index in [1.54, 1.807) is 0 Å². The molecule has 176 valence electrons. The van der Waals surface area contributed by atoms with Crippen molar-refractivity contribution in [1.82, 2.24) is 0 Å². The Bertz CT molecular complexity index is 762. The fraction of sp³-hybridized carbons (Fsp3) is 0.933. The number of fused-ring (bicyclic) bond motifs is 7. The van der Waals surface area contributed by atoms with Crippen LogP contribution in [0.3, 0.4) is 0 Å². The standard InChI is InChI=1S/C30H50O/c1-20(2)21-9-12-25-29(7)16-13-22-23(28(29,6)17-18-30(21,25)19-31)10-11-24-26(3,4)14-8-15-27(22,24)5/h13,20-21,23-25,31H,8-12,14-19H2,1-7H3. The third-order valence-electron chi connectivity index (χ3n) is 13.0. The molecular weight excluding hydrogens is 376 g/mol. The maximum atomic E-state index is 10.8. The summed E-state index contributed by atoms with van der Waals surface area (Å²) in [6.45, 7) is 18.4. The molecule has 0 radical (unpaired) electrons. The van der Waals surface area contributed by atoms with Crippen LogP contribution < -0.4 is 0 Å². The van der Waals surface area contributed by atoms with Gasteiger partial charge in [0, 0.05) is 6.61 Å². The summed E-state index contributed by atoms with van der Waals surface area (Å²) >= 11 is 0. The van der Waals surface area contributed by atoms with E-state index in [9.17, 15) is 5.11 Å². The number of hydrogen-bond donors (Lipinski definition) is 1. The van der Waals surface area contributed by atoms with Gasteiger partial charge in [-0.15, -0.1) is 0 Å². The molecule has 0 aliphatic heterocycles. The molecular formula is C30H50O. The molecule has 5 rings (SSSR count). The number of allylic oxidation sites excluding steroid dienone is 2. The van der Waals surface area contributed by atoms with Gasteiger partial charge in [0.05, 0.1) is 0 Å². The second kappa shape index (κ2) is 6.86. The number of hydrogen-bond acceptors (Lipinski definition) is 1. The molecule has 0 spiro atoms. The third kappa shape index (κ3) is 2.65. The predicted molar refractivity (Wildman–Crippen MR) is 131 cm³/mol. The molecule has 4 fully saturated rings. The van der Waals surface area contributed by atoms with Gasteiger partial charge in [0.2, 0.25) is 0 Å². The Morgan fingerprint density at radius 3 is 2.26 bits per heavy atom. The summed E-state index contributed by atoms with van der Waals surface area (Å²) in [6, 6.07) is 0. The quantitative estimate of drug-likeness (QED) is 0.443. The Kier molecular flexibility index (Phi) is 4.98. The highest BCUT2D eigenvalue weighted by Gasteiger charge is 2.69. The van der Waals surface area contributed by atoms with Crippen LogP contribution in [0.5, 0.6) is 0 Å². The summed E-state index contributed by atoms with van der Waals surface area (Å²) in [6.07, 6.45) is 16.4. The Morgan fingerprint density at radius 2 is 1.58 bits per heavy atom. The van der Waals surface area contributed by atoms with E-state index >= 15 is 0 Å². The molecule has 8 atom stereocenters. The fourth-order valence-corrected chi connectivity index (χ4v) is 11.3. The maximum absolute atomic E-state index is 10.8. The van der Waals surface area contributed by atoms with Crippen LogP contribution >= 0.6 is 0 Å². The van der Waals surface area contributed by atoms with Crippen molar-refractivity contribution in [2.75, 3.05) is 6.61 Å². The van der Waals surface area contributed by atoms with E-state index < -0.39 is 0 Å². The summed E-state index contributed by atoms with van der Waals surface area (Å²) in [4.78, 5) is 0. The van der Waals surface area contributed by atoms with E-state index in [0.717, 1.165) is 11.8 Å². The highest BCUT2D eigenvalue weighted by atomic mass is 16.3. The van der Waals surface area contributed by atoms with Gasteiger partial charge in [-0.05, 0) is 114 Å². The number of aliphatic hydroxyl groups is 1. The van der Waals surface area contributed by atoms with Crippen molar-refractivity contribution in [3.8, 4) is 0 Å². The molecule has 0 amide bonds. The molecule has 0 saturated heterocycles. The van der Waals surface area contributed by atoms with Crippen LogP contribution in [-0.2, 0) is 0 Å². The van der Waals surface area contributed by atoms with Crippen LogP contribution in [-0.4, -0.2) is 11.7 Å². The third-order valence-corrected chi connectivity index (χ3v) is 13.0. The number of aliphatic hydroxyl groups excluding tert-OH is 1. The van der Waals surface area contributed by atoms with Crippen LogP contribution in [0.2, 0.25) is 0 Å². The molecule has 0 aromatic rings. The Balaban J connectivity index is 1.57. The molecule has 0 bridgehead atoms. The summed E-state index contributed by atoms with van der Waals surface area (Å²) in [7, 11) is 0. The lowest BCUT2D eigenvalue weighted by molar-refractivity contribution is -0.172. The van der Waals surface area contributed by atoms with E-state index in [0.29, 0.717) is 46.0 Å². The molecule has 5 aliphatic carbocycles. The van der Waals surface area contributed by atoms with Gasteiger partial charge in [-0.2, -0.15) is 0 Å². The average Bonchev–Trinajstić information content (AvgIpc) is 3.10. The van der Waals surface area contributed by atoms with Gasteiger partial charge in [0.1, 0.15) is 0 Å². The number of rotatable bonds is 2. The van der Waals surface area contributed by atoms with Gasteiger partial charge in [-0.1, -0.05) is 66.5 Å². The van der Waals surface area contributed by atoms with Crippen molar-refractivity contribution in [1.29, 1.82) is 0 Å². The second-order valence-corrected chi connectivity index (χ2v) is 14.5. The highest BCUT2D eigenvalue weighted by Crippen LogP contribution is 2.76. The molecule has 0 aromatic heterocycles. The van der Waals surface area contributed by atoms with Crippen LogP contribution in [0.4, 0.5) is 0 Å². The van der Waals surface area contributed by atoms with Crippen LogP contribution in [0, 0.1) is 56.7 Å². The summed E-state index contributed by atoms with van der Waals surface area (Å²) < 4.78 is 0. The van der Waals surface area contributed by atoms with E-state index in [1.807, 2.05) is 5.57 Å². The van der Waals surface area contributed by atoms with Gasteiger partial charge < -0.3 is 5.11 Å². The lowest BCUT2D eigenvalue weighted by atomic mass is 9.35. The summed E-state index contributed by atoms with van der Waals surface area (Å²) in [5.74, 6) is 3.74. The Morgan fingerprint density at radius 1 is 0.871 bits per heavy atom. The zero-order valence-electron chi connectivity index (χ0n) is 21.7. The summed E-state index contributed by atoms with van der Waals surface area (Å²) in [5.41, 5.74) is 3.74. The monoisotopic (exact) mass is 426 g/mol. The lowest BCUT2D eigenvalue weighted by Crippen LogP contribution is -2.62. The van der Waals surface area contributed by atoms with Crippen molar-refractivity contribution < 1.29 is 5.11 Å². The van der Waals surface area contributed by atoms with Crippen LogP contribution in [0.1, 0.15) is 113 Å². The first-order chi connectivity index (χ1) is 14.5. The highest BCUT2D eigenvalue weighted by molar-refractivity contribution is 5.33. The zero-order valence-corrected chi connectivity index (χ0v) is 21.7. The lowest BCUT2D eigenvalue weighted by Gasteiger charge is -2.69. The molecule has 4 saturated carbocycles. The Hall–Kier alpha value is -0.300. The minimum atomic E-state index is 0.182. The van der Waals surface area contributed by atoms with Gasteiger partial charge in [0.25, 0.3) is 0 Å². The molecule has 0 aromatic carbocycles. The molecule has 1 nitrogen and oxygen atoms in total.